The summed E-state index contributed by atoms with van der Waals surface area (Å²) in [6.07, 6.45) is 3.25. The lowest BCUT2D eigenvalue weighted by Gasteiger charge is -2.24. The van der Waals surface area contributed by atoms with Gasteiger partial charge in [-0.25, -0.2) is 4.98 Å². The molecule has 1 aromatic heterocycles. The van der Waals surface area contributed by atoms with E-state index in [1.54, 1.807) is 32.4 Å². The van der Waals surface area contributed by atoms with Crippen LogP contribution in [0.5, 0.6) is 17.2 Å². The van der Waals surface area contributed by atoms with Gasteiger partial charge in [-0.2, -0.15) is 5.10 Å². The van der Waals surface area contributed by atoms with Crippen molar-refractivity contribution in [1.82, 2.24) is 20.5 Å². The second-order valence-corrected chi connectivity index (χ2v) is 11.5. The number of aromatic nitrogens is 3. The lowest BCUT2D eigenvalue weighted by atomic mass is 9.95. The fraction of sp³-hybridized carbons (Fsp3) is 0.343. The number of amides is 2. The highest BCUT2D eigenvalue weighted by Gasteiger charge is 2.30. The minimum Gasteiger partial charge on any atom is -0.493 e. The Morgan fingerprint density at radius 1 is 1.02 bits per heavy atom. The van der Waals surface area contributed by atoms with Crippen LogP contribution in [-0.2, 0) is 16.0 Å². The van der Waals surface area contributed by atoms with E-state index < -0.39 is 12.1 Å². The largest absolute Gasteiger partial charge is 0.493 e. The van der Waals surface area contributed by atoms with Crippen molar-refractivity contribution in [2.45, 2.75) is 52.1 Å². The Hall–Kier alpha value is -5.39. The molecule has 0 spiro atoms. The molecule has 0 saturated heterocycles. The third-order valence-corrected chi connectivity index (χ3v) is 8.56. The number of carbonyl (C=O) groups excluding carboxylic acids is 2. The molecule has 0 fully saturated rings. The second kappa shape index (κ2) is 14.4. The van der Waals surface area contributed by atoms with Crippen LogP contribution in [0.3, 0.4) is 0 Å². The molecule has 3 aromatic carbocycles. The Morgan fingerprint density at radius 2 is 1.77 bits per heavy atom. The molecule has 1 aliphatic carbocycles. The molecule has 0 aliphatic heterocycles. The molecule has 0 saturated carbocycles. The predicted octanol–water partition coefficient (Wildman–Crippen LogP) is 5.11. The number of aryl methyl sites for hydroxylation is 1. The van der Waals surface area contributed by atoms with Gasteiger partial charge in [0.25, 0.3) is 0 Å². The number of nitrogens with zero attached hydrogens (tertiary/aromatic N) is 2. The molecule has 3 atom stereocenters. The maximum Gasteiger partial charge on any atom is 0.247 e. The average Bonchev–Trinajstić information content (AvgIpc) is 3.51. The fourth-order valence-electron chi connectivity index (χ4n) is 5.97. The van der Waals surface area contributed by atoms with Gasteiger partial charge < -0.3 is 30.2 Å². The summed E-state index contributed by atoms with van der Waals surface area (Å²) < 4.78 is 17.2. The lowest BCUT2D eigenvalue weighted by molar-refractivity contribution is -0.120. The van der Waals surface area contributed by atoms with Gasteiger partial charge in [0.15, 0.2) is 17.3 Å². The van der Waals surface area contributed by atoms with Crippen molar-refractivity contribution >= 4 is 23.2 Å². The van der Waals surface area contributed by atoms with Gasteiger partial charge in [0, 0.05) is 23.7 Å². The number of fused-ring (bicyclic) bond motifs is 3. The molecule has 0 bridgehead atoms. The van der Waals surface area contributed by atoms with Gasteiger partial charge in [0.05, 0.1) is 33.1 Å². The molecular weight excluding hydrogens is 600 g/mol. The van der Waals surface area contributed by atoms with Crippen LogP contribution in [0.2, 0.25) is 0 Å². The highest BCUT2D eigenvalue weighted by atomic mass is 16.5. The van der Waals surface area contributed by atoms with Gasteiger partial charge in [-0.15, -0.1) is 0 Å². The minimum atomic E-state index is -0.721. The van der Waals surface area contributed by atoms with Crippen LogP contribution in [0.4, 0.5) is 11.4 Å². The first-order valence-electron chi connectivity index (χ1n) is 15.5. The maximum atomic E-state index is 13.9. The molecule has 12 heteroatoms. The van der Waals surface area contributed by atoms with E-state index in [1.165, 1.54) is 26.4 Å². The number of H-pyrrole nitrogens is 1. The summed E-state index contributed by atoms with van der Waals surface area (Å²) in [4.78, 5) is 44.0. The second-order valence-electron chi connectivity index (χ2n) is 11.5. The Bertz CT molecular complexity index is 1810. The van der Waals surface area contributed by atoms with Gasteiger partial charge in [-0.1, -0.05) is 26.3 Å². The van der Waals surface area contributed by atoms with Crippen LogP contribution >= 0.6 is 0 Å². The average molecular weight is 641 g/mol. The van der Waals surface area contributed by atoms with Crippen LogP contribution in [0, 0.1) is 5.92 Å². The Labute approximate surface area is 273 Å². The van der Waals surface area contributed by atoms with Crippen LogP contribution in [0.15, 0.2) is 59.7 Å². The number of anilines is 2. The van der Waals surface area contributed by atoms with E-state index in [1.807, 2.05) is 38.1 Å². The zero-order valence-corrected chi connectivity index (χ0v) is 27.4. The van der Waals surface area contributed by atoms with Crippen molar-refractivity contribution in [3.05, 3.63) is 76.2 Å². The topological polar surface area (TPSA) is 157 Å². The molecule has 1 aliphatic rings. The molecule has 2 amide bonds. The van der Waals surface area contributed by atoms with Crippen molar-refractivity contribution in [2.24, 2.45) is 5.92 Å². The van der Waals surface area contributed by atoms with Gasteiger partial charge >= 0.3 is 0 Å². The summed E-state index contributed by atoms with van der Waals surface area (Å²) in [6, 6.07) is 13.1. The van der Waals surface area contributed by atoms with E-state index in [9.17, 15) is 14.4 Å². The SMILES string of the molecule is CC[C@@H](C)[C@H](Nc1ccc2c(cc1=O)[C@@H](NC(C)=O)CCc1cc(OC)c(OC)c(OC)c1-2)C(=O)Nc1ccc(-c2ncn[nH]2)cc1. The fourth-order valence-corrected chi connectivity index (χ4v) is 5.97. The van der Waals surface area contributed by atoms with E-state index >= 15 is 0 Å². The Balaban J connectivity index is 1.55. The van der Waals surface area contributed by atoms with Gasteiger partial charge in [-0.05, 0) is 77.9 Å². The van der Waals surface area contributed by atoms with E-state index in [0.29, 0.717) is 59.1 Å². The van der Waals surface area contributed by atoms with Crippen LogP contribution in [-0.4, -0.2) is 54.4 Å². The highest BCUT2D eigenvalue weighted by molar-refractivity contribution is 5.97. The first kappa shape index (κ1) is 33.0. The summed E-state index contributed by atoms with van der Waals surface area (Å²) in [6.45, 7) is 5.41. The number of hydrogen-bond donors (Lipinski definition) is 4. The molecule has 0 unspecified atom stereocenters. The smallest absolute Gasteiger partial charge is 0.247 e. The number of nitrogens with one attached hydrogen (secondary N) is 4. The minimum absolute atomic E-state index is 0.115. The molecule has 0 radical (unpaired) electrons. The molecule has 4 N–H and O–H groups in total. The number of benzene rings is 2. The third kappa shape index (κ3) is 6.91. The molecule has 246 valence electrons. The van der Waals surface area contributed by atoms with Crippen molar-refractivity contribution in [2.75, 3.05) is 32.0 Å². The highest BCUT2D eigenvalue weighted by Crippen LogP contribution is 2.50. The predicted molar refractivity (Wildman–Crippen MR) is 180 cm³/mol. The van der Waals surface area contributed by atoms with Crippen molar-refractivity contribution in [3.8, 4) is 39.8 Å². The van der Waals surface area contributed by atoms with E-state index in [2.05, 4.69) is 31.1 Å². The van der Waals surface area contributed by atoms with E-state index in [4.69, 9.17) is 14.2 Å². The first-order chi connectivity index (χ1) is 22.7. The molecule has 1 heterocycles. The van der Waals surface area contributed by atoms with Gasteiger partial charge in [-0.3, -0.25) is 19.5 Å². The lowest BCUT2D eigenvalue weighted by Crippen LogP contribution is -2.40. The number of rotatable bonds is 11. The first-order valence-corrected chi connectivity index (χ1v) is 15.5. The summed E-state index contributed by atoms with van der Waals surface area (Å²) >= 11 is 0. The number of aromatic amines is 1. The van der Waals surface area contributed by atoms with Crippen molar-refractivity contribution in [3.63, 3.8) is 0 Å². The monoisotopic (exact) mass is 640 g/mol. The zero-order valence-electron chi connectivity index (χ0n) is 27.4. The standard InChI is InChI=1S/C35H40N6O6/c1-7-19(2)31(35(44)39-23-11-8-21(9-12-23)34-36-18-37-41-34)40-27-15-13-24-25(17-28(27)43)26(38-20(3)42)14-10-22-16-29(45-4)32(46-5)33(47-6)30(22)24/h8-9,11-13,15-19,26,31H,7,10,14H2,1-6H3,(H,38,42)(H,39,44)(H,40,43)(H,36,37,41)/t19-,26+,31+/m1/s1. The normalized spacial score (nSPS) is 14.8. The van der Waals surface area contributed by atoms with E-state index in [-0.39, 0.29) is 28.8 Å². The number of ether oxygens (including phenoxy) is 3. The number of carbonyl (C=O) groups is 2. The molecule has 5 rings (SSSR count). The summed E-state index contributed by atoms with van der Waals surface area (Å²) in [5, 5.41) is 15.9. The molecule has 12 nitrogen and oxygen atoms in total. The zero-order chi connectivity index (χ0) is 33.7. The van der Waals surface area contributed by atoms with Gasteiger partial charge in [0.1, 0.15) is 12.4 Å². The summed E-state index contributed by atoms with van der Waals surface area (Å²) in [5.74, 6) is 1.42. The summed E-state index contributed by atoms with van der Waals surface area (Å²) in [5.41, 5.74) is 4.38. The third-order valence-electron chi connectivity index (χ3n) is 8.56. The maximum absolute atomic E-state index is 13.9. The number of methoxy groups -OCH3 is 3. The molecule has 47 heavy (non-hydrogen) atoms. The van der Waals surface area contributed by atoms with Crippen LogP contribution in [0.25, 0.3) is 22.5 Å². The van der Waals surface area contributed by atoms with Crippen LogP contribution < -0.4 is 35.6 Å². The van der Waals surface area contributed by atoms with E-state index in [0.717, 1.165) is 16.7 Å². The number of hydrogen-bond acceptors (Lipinski definition) is 9. The molecular formula is C35H40N6O6. The van der Waals surface area contributed by atoms with Crippen LogP contribution in [0.1, 0.15) is 50.8 Å². The molecule has 4 aromatic rings. The van der Waals surface area contributed by atoms with Gasteiger partial charge in [0.2, 0.25) is 23.0 Å². The van der Waals surface area contributed by atoms with Crippen molar-refractivity contribution in [1.29, 1.82) is 0 Å². The Kier molecular flexibility index (Phi) is 10.1. The summed E-state index contributed by atoms with van der Waals surface area (Å²) in [7, 11) is 4.66. The quantitative estimate of drug-likeness (QED) is 0.175. The Morgan fingerprint density at radius 3 is 2.38 bits per heavy atom. The van der Waals surface area contributed by atoms with Crippen molar-refractivity contribution < 1.29 is 23.8 Å².